The minimum atomic E-state index is -0.748. The van der Waals surface area contributed by atoms with E-state index in [2.05, 4.69) is 11.8 Å². The molecule has 188 valence electrons. The van der Waals surface area contributed by atoms with Crippen LogP contribution in [0.2, 0.25) is 0 Å². The molecule has 1 fully saturated rings. The Bertz CT molecular complexity index is 1260. The molecule has 0 saturated carbocycles. The number of phenolic OH excluding ortho intramolecular Hbond substituents is 2. The maximum atomic E-state index is 13.8. The number of alkyl halides is 1. The fraction of sp³-hybridized carbons (Fsp3) is 0.333. The highest BCUT2D eigenvalue weighted by atomic mass is 19.1. The van der Waals surface area contributed by atoms with Crippen LogP contribution in [0.1, 0.15) is 49.5 Å². The number of hydrogen-bond acceptors (Lipinski definition) is 5. The molecule has 3 atom stereocenters. The van der Waals surface area contributed by atoms with Crippen molar-refractivity contribution in [2.75, 3.05) is 19.7 Å². The molecule has 5 nitrogen and oxygen atoms in total. The van der Waals surface area contributed by atoms with Gasteiger partial charge in [0, 0.05) is 23.7 Å². The van der Waals surface area contributed by atoms with Gasteiger partial charge in [0.2, 0.25) is 0 Å². The lowest BCUT2D eigenvalue weighted by Gasteiger charge is -2.33. The fourth-order valence-corrected chi connectivity index (χ4v) is 5.13. The Morgan fingerprint density at radius 3 is 2.58 bits per heavy atom. The maximum Gasteiger partial charge on any atom is 0.150 e. The molecule has 1 saturated heterocycles. The summed E-state index contributed by atoms with van der Waals surface area (Å²) in [6, 6.07) is 20.2. The van der Waals surface area contributed by atoms with E-state index < -0.39 is 12.3 Å². The standard InChI is InChI=1S/C30H32FNO4/c1-19(32-14-4-6-23(31)17-32)18-35-26-11-8-21(9-12-26)30-29(22-5-3-7-24(33)15-22)20(2)27-16-25(34)10-13-28(27)36-30/h3,5,7-13,15-16,19,23,30,33-34H,4,6,14,17-18H2,1-2H3/t19-,23+,30?/m0/s1. The van der Waals surface area contributed by atoms with Gasteiger partial charge in [-0.3, -0.25) is 4.90 Å². The first-order chi connectivity index (χ1) is 17.4. The summed E-state index contributed by atoms with van der Waals surface area (Å²) in [7, 11) is 0. The summed E-state index contributed by atoms with van der Waals surface area (Å²) in [5.41, 5.74) is 4.53. The van der Waals surface area contributed by atoms with Crippen molar-refractivity contribution >= 4 is 11.1 Å². The quantitative estimate of drug-likeness (QED) is 0.422. The van der Waals surface area contributed by atoms with Crippen LogP contribution >= 0.6 is 0 Å². The van der Waals surface area contributed by atoms with Gasteiger partial charge in [-0.25, -0.2) is 4.39 Å². The molecule has 0 aromatic heterocycles. The number of aromatic hydroxyl groups is 2. The highest BCUT2D eigenvalue weighted by Crippen LogP contribution is 2.47. The van der Waals surface area contributed by atoms with Gasteiger partial charge in [0.15, 0.2) is 0 Å². The molecule has 1 unspecified atom stereocenters. The number of fused-ring (bicyclic) bond motifs is 1. The molecule has 2 aliphatic rings. The van der Waals surface area contributed by atoms with Gasteiger partial charge in [-0.1, -0.05) is 24.3 Å². The second-order valence-electron chi connectivity index (χ2n) is 9.73. The number of benzene rings is 3. The fourth-order valence-electron chi connectivity index (χ4n) is 5.13. The van der Waals surface area contributed by atoms with Gasteiger partial charge in [-0.2, -0.15) is 0 Å². The van der Waals surface area contributed by atoms with Crippen molar-refractivity contribution in [2.24, 2.45) is 0 Å². The van der Waals surface area contributed by atoms with Gasteiger partial charge in [0.1, 0.15) is 41.9 Å². The van der Waals surface area contributed by atoms with Crippen LogP contribution in [0, 0.1) is 0 Å². The molecule has 2 N–H and O–H groups in total. The third-order valence-corrected chi connectivity index (χ3v) is 7.13. The first kappa shape index (κ1) is 24.2. The smallest absolute Gasteiger partial charge is 0.150 e. The summed E-state index contributed by atoms with van der Waals surface area (Å²) >= 11 is 0. The molecule has 0 spiro atoms. The molecule has 0 bridgehead atoms. The van der Waals surface area contributed by atoms with Gasteiger partial charge in [0.05, 0.1) is 0 Å². The van der Waals surface area contributed by atoms with Crippen LogP contribution in [0.25, 0.3) is 11.1 Å². The summed E-state index contributed by atoms with van der Waals surface area (Å²) in [4.78, 5) is 2.16. The minimum absolute atomic E-state index is 0.140. The van der Waals surface area contributed by atoms with Crippen molar-refractivity contribution in [1.29, 1.82) is 0 Å². The van der Waals surface area contributed by atoms with Crippen molar-refractivity contribution in [2.45, 2.75) is 45.0 Å². The first-order valence-corrected chi connectivity index (χ1v) is 12.5. The SMILES string of the molecule is CC1=C(c2cccc(O)c2)C(c2ccc(OC[C@H](C)N3CCC[C@@H](F)C3)cc2)Oc2ccc(O)cc21. The molecule has 0 radical (unpaired) electrons. The average molecular weight is 490 g/mol. The van der Waals surface area contributed by atoms with Crippen molar-refractivity contribution in [3.8, 4) is 23.0 Å². The number of piperidine rings is 1. The van der Waals surface area contributed by atoms with E-state index >= 15 is 0 Å². The van der Waals surface area contributed by atoms with Crippen LogP contribution in [0.15, 0.2) is 66.7 Å². The maximum absolute atomic E-state index is 13.8. The van der Waals surface area contributed by atoms with Crippen LogP contribution in [0.5, 0.6) is 23.0 Å². The summed E-state index contributed by atoms with van der Waals surface area (Å²) in [5, 5.41) is 20.2. The van der Waals surface area contributed by atoms with Crippen molar-refractivity contribution in [3.05, 3.63) is 83.4 Å². The number of phenols is 2. The van der Waals surface area contributed by atoms with E-state index in [4.69, 9.17) is 9.47 Å². The van der Waals surface area contributed by atoms with Crippen LogP contribution in [-0.2, 0) is 0 Å². The van der Waals surface area contributed by atoms with E-state index in [0.29, 0.717) is 25.3 Å². The summed E-state index contributed by atoms with van der Waals surface area (Å²) in [6.07, 6.45) is 0.395. The molecule has 6 heteroatoms. The number of likely N-dealkylation sites (tertiary alicyclic amines) is 1. The van der Waals surface area contributed by atoms with Crippen LogP contribution in [0.3, 0.4) is 0 Å². The Hall–Kier alpha value is -3.51. The molecular weight excluding hydrogens is 457 g/mol. The second kappa shape index (κ2) is 10.2. The van der Waals surface area contributed by atoms with Crippen LogP contribution in [-0.4, -0.2) is 47.0 Å². The largest absolute Gasteiger partial charge is 0.508 e. The van der Waals surface area contributed by atoms with E-state index in [9.17, 15) is 14.6 Å². The Balaban J connectivity index is 1.39. The topological polar surface area (TPSA) is 62.2 Å². The van der Waals surface area contributed by atoms with Gasteiger partial charge >= 0.3 is 0 Å². The first-order valence-electron chi connectivity index (χ1n) is 12.5. The highest BCUT2D eigenvalue weighted by Gasteiger charge is 2.30. The van der Waals surface area contributed by atoms with Crippen LogP contribution < -0.4 is 9.47 Å². The molecule has 0 amide bonds. The summed E-state index contributed by atoms with van der Waals surface area (Å²) in [5.74, 6) is 1.80. The van der Waals surface area contributed by atoms with Crippen molar-refractivity contribution in [3.63, 3.8) is 0 Å². The number of allylic oxidation sites excluding steroid dienone is 1. The number of hydrogen-bond donors (Lipinski definition) is 2. The number of ether oxygens (including phenoxy) is 2. The summed E-state index contributed by atoms with van der Waals surface area (Å²) < 4.78 is 26.3. The van der Waals surface area contributed by atoms with Crippen molar-refractivity contribution in [1.82, 2.24) is 4.90 Å². The third-order valence-electron chi connectivity index (χ3n) is 7.13. The lowest BCUT2D eigenvalue weighted by molar-refractivity contribution is 0.0801. The average Bonchev–Trinajstić information content (AvgIpc) is 2.88. The molecular formula is C30H32FNO4. The minimum Gasteiger partial charge on any atom is -0.508 e. The second-order valence-corrected chi connectivity index (χ2v) is 9.73. The zero-order valence-corrected chi connectivity index (χ0v) is 20.7. The monoisotopic (exact) mass is 489 g/mol. The lowest BCUT2D eigenvalue weighted by atomic mass is 9.86. The van der Waals surface area contributed by atoms with Crippen LogP contribution in [0.4, 0.5) is 4.39 Å². The number of rotatable bonds is 6. The van der Waals surface area contributed by atoms with E-state index in [0.717, 1.165) is 46.6 Å². The van der Waals surface area contributed by atoms with Crippen molar-refractivity contribution < 1.29 is 24.1 Å². The number of nitrogens with zero attached hydrogens (tertiary/aromatic N) is 1. The van der Waals surface area contributed by atoms with Gasteiger partial charge < -0.3 is 19.7 Å². The predicted molar refractivity (Wildman–Crippen MR) is 139 cm³/mol. The van der Waals surface area contributed by atoms with E-state index in [1.165, 1.54) is 0 Å². The molecule has 2 aliphatic heterocycles. The molecule has 36 heavy (non-hydrogen) atoms. The lowest BCUT2D eigenvalue weighted by Crippen LogP contribution is -2.44. The van der Waals surface area contributed by atoms with Gasteiger partial charge in [-0.15, -0.1) is 0 Å². The predicted octanol–water partition coefficient (Wildman–Crippen LogP) is 6.36. The molecule has 3 aromatic carbocycles. The summed E-state index contributed by atoms with van der Waals surface area (Å²) in [6.45, 7) is 5.97. The van der Waals surface area contributed by atoms with Gasteiger partial charge in [0.25, 0.3) is 0 Å². The Morgan fingerprint density at radius 2 is 1.83 bits per heavy atom. The van der Waals surface area contributed by atoms with E-state index in [1.54, 1.807) is 30.3 Å². The zero-order valence-electron chi connectivity index (χ0n) is 20.7. The third kappa shape index (κ3) is 5.05. The normalized spacial score (nSPS) is 21.0. The number of halogens is 1. The molecule has 5 rings (SSSR count). The zero-order chi connectivity index (χ0) is 25.2. The Morgan fingerprint density at radius 1 is 1.06 bits per heavy atom. The van der Waals surface area contributed by atoms with E-state index in [-0.39, 0.29) is 17.5 Å². The van der Waals surface area contributed by atoms with E-state index in [1.807, 2.05) is 43.3 Å². The molecule has 3 aromatic rings. The Labute approximate surface area is 211 Å². The Kier molecular flexibility index (Phi) is 6.88. The molecule has 2 heterocycles. The van der Waals surface area contributed by atoms with Gasteiger partial charge in [-0.05, 0) is 92.4 Å². The highest BCUT2D eigenvalue weighted by molar-refractivity contribution is 5.95. The molecule has 0 aliphatic carbocycles.